The smallest absolute Gasteiger partial charge is 0.330 e. The van der Waals surface area contributed by atoms with Gasteiger partial charge in [0.15, 0.2) is 0 Å². The molecule has 121 valence electrons. The highest BCUT2D eigenvalue weighted by Gasteiger charge is 2.40. The van der Waals surface area contributed by atoms with E-state index in [2.05, 4.69) is 13.5 Å². The summed E-state index contributed by atoms with van der Waals surface area (Å²) in [6.45, 7) is 8.42. The van der Waals surface area contributed by atoms with Gasteiger partial charge in [0.05, 0.1) is 5.92 Å². The molecule has 0 bridgehead atoms. The van der Waals surface area contributed by atoms with E-state index in [1.807, 2.05) is 0 Å². The SMILES string of the molecule is N.[CH2]CC(C)(OC(=O)C=C)C(CCCCC(=O)O)C(=O)O. The number of carboxylic acid groups (broad SMARTS) is 2. The van der Waals surface area contributed by atoms with Crippen LogP contribution in [0, 0.1) is 12.8 Å². The Kier molecular flexibility index (Phi) is 10.1. The van der Waals surface area contributed by atoms with Crippen molar-refractivity contribution in [1.29, 1.82) is 0 Å². The first-order valence-electron chi connectivity index (χ1n) is 6.36. The van der Waals surface area contributed by atoms with E-state index >= 15 is 0 Å². The maximum Gasteiger partial charge on any atom is 0.330 e. The first kappa shape index (κ1) is 21.4. The molecule has 0 aliphatic heterocycles. The molecule has 7 heteroatoms. The molecule has 0 fully saturated rings. The van der Waals surface area contributed by atoms with Gasteiger partial charge >= 0.3 is 17.9 Å². The molecule has 0 heterocycles. The lowest BCUT2D eigenvalue weighted by molar-refractivity contribution is -0.167. The Balaban J connectivity index is 0. The highest BCUT2D eigenvalue weighted by atomic mass is 16.6. The van der Waals surface area contributed by atoms with E-state index in [-0.39, 0.29) is 25.4 Å². The summed E-state index contributed by atoms with van der Waals surface area (Å²) in [6.07, 6.45) is 2.07. The number of carbonyl (C=O) groups is 3. The largest absolute Gasteiger partial charge is 0.481 e. The van der Waals surface area contributed by atoms with Crippen LogP contribution in [-0.2, 0) is 19.1 Å². The Hall–Kier alpha value is -1.89. The number of carboxylic acids is 2. The molecular formula is C14H24NO6. The van der Waals surface area contributed by atoms with Gasteiger partial charge in [-0.15, -0.1) is 0 Å². The van der Waals surface area contributed by atoms with E-state index in [1.54, 1.807) is 0 Å². The molecule has 7 nitrogen and oxygen atoms in total. The predicted octanol–water partition coefficient (Wildman–Crippen LogP) is 2.21. The average Bonchev–Trinajstić information content (AvgIpc) is 2.37. The summed E-state index contributed by atoms with van der Waals surface area (Å²) in [4.78, 5) is 33.0. The number of hydrogen-bond donors (Lipinski definition) is 3. The summed E-state index contributed by atoms with van der Waals surface area (Å²) in [5.41, 5.74) is -1.24. The van der Waals surface area contributed by atoms with Crippen molar-refractivity contribution in [3.05, 3.63) is 19.6 Å². The summed E-state index contributed by atoms with van der Waals surface area (Å²) in [7, 11) is 0. The van der Waals surface area contributed by atoms with Gasteiger partial charge in [-0.25, -0.2) is 4.79 Å². The van der Waals surface area contributed by atoms with Crippen molar-refractivity contribution >= 4 is 17.9 Å². The molecule has 0 aromatic carbocycles. The molecule has 0 amide bonds. The Morgan fingerprint density at radius 1 is 1.29 bits per heavy atom. The van der Waals surface area contributed by atoms with Gasteiger partial charge in [-0.3, -0.25) is 9.59 Å². The fraction of sp³-hybridized carbons (Fsp3) is 0.571. The molecule has 0 aromatic heterocycles. The van der Waals surface area contributed by atoms with Crippen LogP contribution in [0.5, 0.6) is 0 Å². The molecule has 1 radical (unpaired) electrons. The zero-order chi connectivity index (χ0) is 15.8. The molecule has 0 saturated carbocycles. The van der Waals surface area contributed by atoms with Crippen LogP contribution in [-0.4, -0.2) is 33.7 Å². The van der Waals surface area contributed by atoms with E-state index in [0.29, 0.717) is 12.8 Å². The van der Waals surface area contributed by atoms with Crippen molar-refractivity contribution in [1.82, 2.24) is 6.15 Å². The third kappa shape index (κ3) is 7.45. The minimum atomic E-state index is -1.24. The minimum Gasteiger partial charge on any atom is -0.481 e. The van der Waals surface area contributed by atoms with Crippen molar-refractivity contribution in [2.24, 2.45) is 5.92 Å². The summed E-state index contributed by atoms with van der Waals surface area (Å²) in [6, 6.07) is 0. The lowest BCUT2D eigenvalue weighted by atomic mass is 9.82. The number of hydrogen-bond acceptors (Lipinski definition) is 5. The van der Waals surface area contributed by atoms with Crippen molar-refractivity contribution in [2.45, 2.75) is 44.6 Å². The Morgan fingerprint density at radius 2 is 1.86 bits per heavy atom. The molecule has 0 spiro atoms. The number of unbranched alkanes of at least 4 members (excludes halogenated alkanes) is 1. The topological polar surface area (TPSA) is 136 Å². The zero-order valence-electron chi connectivity index (χ0n) is 12.3. The fourth-order valence-corrected chi connectivity index (χ4v) is 1.88. The maximum absolute atomic E-state index is 11.3. The van der Waals surface area contributed by atoms with E-state index in [4.69, 9.17) is 9.84 Å². The predicted molar refractivity (Wildman–Crippen MR) is 76.9 cm³/mol. The standard InChI is InChI=1S/C14H21O6.H3N/c1-4-12(17)20-14(3,5-2)10(13(18)19)8-6-7-9-11(15)16;/h4,10H,1-2,5-9H2,3H3,(H,15,16)(H,18,19);1H3. The van der Waals surface area contributed by atoms with Crippen LogP contribution in [0.1, 0.15) is 39.0 Å². The second-order valence-corrected chi connectivity index (χ2v) is 4.72. The van der Waals surface area contributed by atoms with Crippen LogP contribution in [0.2, 0.25) is 0 Å². The number of esters is 1. The van der Waals surface area contributed by atoms with Crippen LogP contribution in [0.4, 0.5) is 0 Å². The zero-order valence-corrected chi connectivity index (χ0v) is 12.3. The summed E-state index contributed by atoms with van der Waals surface area (Å²) >= 11 is 0. The van der Waals surface area contributed by atoms with Crippen LogP contribution < -0.4 is 6.15 Å². The van der Waals surface area contributed by atoms with E-state index in [9.17, 15) is 19.5 Å². The van der Waals surface area contributed by atoms with E-state index < -0.39 is 29.4 Å². The normalized spacial score (nSPS) is 14.2. The lowest BCUT2D eigenvalue weighted by Gasteiger charge is -2.33. The molecule has 2 atom stereocenters. The second-order valence-electron chi connectivity index (χ2n) is 4.72. The van der Waals surface area contributed by atoms with Crippen molar-refractivity contribution in [3.8, 4) is 0 Å². The molecule has 0 aliphatic rings. The van der Waals surface area contributed by atoms with Crippen LogP contribution >= 0.6 is 0 Å². The van der Waals surface area contributed by atoms with Gasteiger partial charge in [0, 0.05) is 12.5 Å². The number of carbonyl (C=O) groups excluding carboxylic acids is 1. The monoisotopic (exact) mass is 302 g/mol. The third-order valence-corrected chi connectivity index (χ3v) is 3.17. The maximum atomic E-state index is 11.3. The van der Waals surface area contributed by atoms with E-state index in [0.717, 1.165) is 6.08 Å². The van der Waals surface area contributed by atoms with Crippen molar-refractivity contribution in [3.63, 3.8) is 0 Å². The molecule has 0 aliphatic carbocycles. The van der Waals surface area contributed by atoms with Gasteiger partial charge in [0.25, 0.3) is 0 Å². The highest BCUT2D eigenvalue weighted by molar-refractivity contribution is 5.82. The van der Waals surface area contributed by atoms with Crippen LogP contribution in [0.15, 0.2) is 12.7 Å². The molecule has 5 N–H and O–H groups in total. The average molecular weight is 302 g/mol. The number of ether oxygens (including phenoxy) is 1. The molecule has 0 rings (SSSR count). The van der Waals surface area contributed by atoms with Gasteiger partial charge in [-0.2, -0.15) is 0 Å². The molecular weight excluding hydrogens is 278 g/mol. The molecule has 0 saturated heterocycles. The first-order valence-corrected chi connectivity index (χ1v) is 6.36. The molecule has 0 aromatic rings. The molecule has 2 unspecified atom stereocenters. The first-order chi connectivity index (χ1) is 9.26. The summed E-state index contributed by atoms with van der Waals surface area (Å²) in [5.74, 6) is -3.65. The van der Waals surface area contributed by atoms with Crippen LogP contribution in [0.25, 0.3) is 0 Å². The van der Waals surface area contributed by atoms with Gasteiger partial charge in [0.2, 0.25) is 0 Å². The van der Waals surface area contributed by atoms with Crippen molar-refractivity contribution < 1.29 is 29.3 Å². The Labute approximate surface area is 124 Å². The second kappa shape index (κ2) is 9.93. The highest BCUT2D eigenvalue weighted by Crippen LogP contribution is 2.30. The van der Waals surface area contributed by atoms with E-state index in [1.165, 1.54) is 6.92 Å². The van der Waals surface area contributed by atoms with Crippen molar-refractivity contribution in [2.75, 3.05) is 0 Å². The fourth-order valence-electron chi connectivity index (χ4n) is 1.88. The number of aliphatic carboxylic acids is 2. The van der Waals surface area contributed by atoms with Crippen LogP contribution in [0.3, 0.4) is 0 Å². The van der Waals surface area contributed by atoms with Gasteiger partial charge < -0.3 is 21.1 Å². The Morgan fingerprint density at radius 3 is 2.24 bits per heavy atom. The summed E-state index contributed by atoms with van der Waals surface area (Å²) < 4.78 is 5.12. The quantitative estimate of drug-likeness (QED) is 0.319. The summed E-state index contributed by atoms with van der Waals surface area (Å²) in [5, 5.41) is 17.8. The number of rotatable bonds is 10. The van der Waals surface area contributed by atoms with Gasteiger partial charge in [-0.1, -0.05) is 13.0 Å². The third-order valence-electron chi connectivity index (χ3n) is 3.17. The lowest BCUT2D eigenvalue weighted by Crippen LogP contribution is -2.43. The minimum absolute atomic E-state index is 0. The molecule has 21 heavy (non-hydrogen) atoms. The van der Waals surface area contributed by atoms with Gasteiger partial charge in [-0.05, 0) is 33.1 Å². The Bertz CT molecular complexity index is 382. The van der Waals surface area contributed by atoms with Gasteiger partial charge in [0.1, 0.15) is 5.60 Å².